The number of hydrogen-bond acceptors (Lipinski definition) is 4. The van der Waals surface area contributed by atoms with Gasteiger partial charge in [-0.3, -0.25) is 14.9 Å². The van der Waals surface area contributed by atoms with E-state index in [1.54, 1.807) is 4.90 Å². The van der Waals surface area contributed by atoms with Crippen molar-refractivity contribution in [2.45, 2.75) is 20.4 Å². The molecule has 2 N–H and O–H groups in total. The van der Waals surface area contributed by atoms with Crippen LogP contribution in [0.3, 0.4) is 0 Å². The molecule has 0 unspecified atom stereocenters. The number of carbonyl (C=O) groups excluding carboxylic acids is 2. The molecule has 1 heterocycles. The van der Waals surface area contributed by atoms with Crippen molar-refractivity contribution in [2.24, 2.45) is 5.92 Å². The predicted octanol–water partition coefficient (Wildman–Crippen LogP) is 1.66. The molecule has 21 heavy (non-hydrogen) atoms. The van der Waals surface area contributed by atoms with Crippen molar-refractivity contribution in [3.63, 3.8) is 0 Å². The van der Waals surface area contributed by atoms with E-state index in [9.17, 15) is 9.59 Å². The van der Waals surface area contributed by atoms with Crippen LogP contribution in [-0.4, -0.2) is 31.4 Å². The Bertz CT molecular complexity index is 530. The summed E-state index contributed by atoms with van der Waals surface area (Å²) in [6.45, 7) is 6.52. The van der Waals surface area contributed by atoms with Crippen molar-refractivity contribution in [3.8, 4) is 0 Å². The maximum Gasteiger partial charge on any atom is 0.246 e. The first-order valence-electron chi connectivity index (χ1n) is 7.02. The van der Waals surface area contributed by atoms with Gasteiger partial charge in [0.15, 0.2) is 0 Å². The molecule has 0 saturated carbocycles. The molecule has 0 bridgehead atoms. The van der Waals surface area contributed by atoms with Crippen molar-refractivity contribution in [1.82, 2.24) is 10.6 Å². The lowest BCUT2D eigenvalue weighted by atomic mass is 10.1. The molecule has 1 aliphatic heterocycles. The summed E-state index contributed by atoms with van der Waals surface area (Å²) in [5, 5.41) is 5.70. The van der Waals surface area contributed by atoms with Crippen LogP contribution >= 0.6 is 15.9 Å². The minimum Gasteiger partial charge on any atom is -0.353 e. The van der Waals surface area contributed by atoms with Crippen molar-refractivity contribution in [3.05, 3.63) is 28.2 Å². The van der Waals surface area contributed by atoms with Gasteiger partial charge in [0.25, 0.3) is 0 Å². The molecule has 0 spiro atoms. The fourth-order valence-corrected chi connectivity index (χ4v) is 2.70. The first-order chi connectivity index (χ1) is 9.95. The van der Waals surface area contributed by atoms with Crippen molar-refractivity contribution in [1.29, 1.82) is 0 Å². The molecule has 1 saturated heterocycles. The number of piperazine rings is 1. The van der Waals surface area contributed by atoms with Gasteiger partial charge < -0.3 is 10.2 Å². The number of halogens is 1. The van der Waals surface area contributed by atoms with Crippen LogP contribution in [0, 0.1) is 5.92 Å². The Hall–Kier alpha value is -1.40. The highest BCUT2D eigenvalue weighted by molar-refractivity contribution is 9.10. The SMILES string of the molecule is CC(C)CNCc1ccc(N2CC(=O)NC(=O)C2)cc1Br. The molecule has 0 aromatic heterocycles. The standard InChI is InChI=1S/C15H20BrN3O2/c1-10(2)6-17-7-11-3-4-12(5-13(11)16)19-8-14(20)18-15(21)9-19/h3-5,10,17H,6-9H2,1-2H3,(H,18,20,21). The summed E-state index contributed by atoms with van der Waals surface area (Å²) in [7, 11) is 0. The van der Waals surface area contributed by atoms with Crippen molar-refractivity contribution in [2.75, 3.05) is 24.5 Å². The highest BCUT2D eigenvalue weighted by Gasteiger charge is 2.22. The van der Waals surface area contributed by atoms with E-state index in [2.05, 4.69) is 40.4 Å². The fraction of sp³-hybridized carbons (Fsp3) is 0.467. The smallest absolute Gasteiger partial charge is 0.246 e. The summed E-state index contributed by atoms with van der Waals surface area (Å²) >= 11 is 3.56. The minimum absolute atomic E-state index is 0.211. The Labute approximate surface area is 133 Å². The normalized spacial score (nSPS) is 15.5. The van der Waals surface area contributed by atoms with Gasteiger partial charge in [0.1, 0.15) is 0 Å². The molecular formula is C15H20BrN3O2. The first kappa shape index (κ1) is 16.0. The van der Waals surface area contributed by atoms with E-state index in [1.165, 1.54) is 0 Å². The topological polar surface area (TPSA) is 61.4 Å². The summed E-state index contributed by atoms with van der Waals surface area (Å²) in [6, 6.07) is 5.92. The zero-order chi connectivity index (χ0) is 15.4. The molecular weight excluding hydrogens is 334 g/mol. The zero-order valence-corrected chi connectivity index (χ0v) is 13.9. The molecule has 2 rings (SSSR count). The van der Waals surface area contributed by atoms with Gasteiger partial charge in [-0.15, -0.1) is 0 Å². The van der Waals surface area contributed by atoms with Gasteiger partial charge in [0.05, 0.1) is 13.1 Å². The number of nitrogens with zero attached hydrogens (tertiary/aromatic N) is 1. The molecule has 2 amide bonds. The predicted molar refractivity (Wildman–Crippen MR) is 86.0 cm³/mol. The summed E-state index contributed by atoms with van der Waals surface area (Å²) in [4.78, 5) is 24.6. The van der Waals surface area contributed by atoms with Gasteiger partial charge in [0.2, 0.25) is 11.8 Å². The van der Waals surface area contributed by atoms with E-state index in [0.717, 1.165) is 28.8 Å². The second-order valence-electron chi connectivity index (χ2n) is 5.63. The van der Waals surface area contributed by atoms with Crippen molar-refractivity contribution < 1.29 is 9.59 Å². The number of anilines is 1. The second-order valence-corrected chi connectivity index (χ2v) is 6.48. The lowest BCUT2D eigenvalue weighted by molar-refractivity contribution is -0.130. The average molecular weight is 354 g/mol. The molecule has 0 aliphatic carbocycles. The average Bonchev–Trinajstić information content (AvgIpc) is 2.39. The van der Waals surface area contributed by atoms with Gasteiger partial charge in [-0.2, -0.15) is 0 Å². The number of benzene rings is 1. The Balaban J connectivity index is 2.04. The van der Waals surface area contributed by atoms with Crippen LogP contribution in [0.2, 0.25) is 0 Å². The quantitative estimate of drug-likeness (QED) is 0.790. The molecule has 5 nitrogen and oxygen atoms in total. The summed E-state index contributed by atoms with van der Waals surface area (Å²) in [5.41, 5.74) is 2.03. The van der Waals surface area contributed by atoms with Crippen LogP contribution in [0.15, 0.2) is 22.7 Å². The van der Waals surface area contributed by atoms with E-state index in [1.807, 2.05) is 18.2 Å². The fourth-order valence-electron chi connectivity index (χ4n) is 2.19. The van der Waals surface area contributed by atoms with Crippen LogP contribution in [-0.2, 0) is 16.1 Å². The van der Waals surface area contributed by atoms with Gasteiger partial charge in [-0.1, -0.05) is 35.8 Å². The van der Waals surface area contributed by atoms with Crippen LogP contribution < -0.4 is 15.5 Å². The molecule has 1 aromatic rings. The molecule has 6 heteroatoms. The number of imide groups is 1. The number of rotatable bonds is 5. The van der Waals surface area contributed by atoms with E-state index in [-0.39, 0.29) is 24.9 Å². The van der Waals surface area contributed by atoms with E-state index in [4.69, 9.17) is 0 Å². The van der Waals surface area contributed by atoms with Crippen LogP contribution in [0.4, 0.5) is 5.69 Å². The van der Waals surface area contributed by atoms with Gasteiger partial charge in [-0.25, -0.2) is 0 Å². The number of amides is 2. The summed E-state index contributed by atoms with van der Waals surface area (Å²) in [6.07, 6.45) is 0. The maximum atomic E-state index is 11.4. The number of carbonyl (C=O) groups is 2. The molecule has 0 radical (unpaired) electrons. The first-order valence-corrected chi connectivity index (χ1v) is 7.82. The Morgan fingerprint density at radius 2 is 1.95 bits per heavy atom. The molecule has 1 aliphatic rings. The highest BCUT2D eigenvalue weighted by atomic mass is 79.9. The largest absolute Gasteiger partial charge is 0.353 e. The monoisotopic (exact) mass is 353 g/mol. The lowest BCUT2D eigenvalue weighted by Gasteiger charge is -2.27. The van der Waals surface area contributed by atoms with Crippen LogP contribution in [0.1, 0.15) is 19.4 Å². The summed E-state index contributed by atoms with van der Waals surface area (Å²) in [5.74, 6) is 0.0935. The second kappa shape index (κ2) is 7.04. The lowest BCUT2D eigenvalue weighted by Crippen LogP contribution is -2.51. The zero-order valence-electron chi connectivity index (χ0n) is 12.3. The van der Waals surface area contributed by atoms with Crippen LogP contribution in [0.5, 0.6) is 0 Å². The molecule has 114 valence electrons. The maximum absolute atomic E-state index is 11.4. The third-order valence-corrected chi connectivity index (χ3v) is 3.96. The minimum atomic E-state index is -0.259. The third-order valence-electron chi connectivity index (χ3n) is 3.22. The Kier molecular flexibility index (Phi) is 5.36. The third kappa shape index (κ3) is 4.54. The number of nitrogens with one attached hydrogen (secondary N) is 2. The van der Waals surface area contributed by atoms with Gasteiger partial charge in [-0.05, 0) is 30.2 Å². The van der Waals surface area contributed by atoms with Crippen LogP contribution in [0.25, 0.3) is 0 Å². The molecule has 1 fully saturated rings. The van der Waals surface area contributed by atoms with Gasteiger partial charge >= 0.3 is 0 Å². The Morgan fingerprint density at radius 3 is 2.52 bits per heavy atom. The molecule has 1 aromatic carbocycles. The Morgan fingerprint density at radius 1 is 1.29 bits per heavy atom. The molecule has 0 atom stereocenters. The highest BCUT2D eigenvalue weighted by Crippen LogP contribution is 2.24. The summed E-state index contributed by atoms with van der Waals surface area (Å²) < 4.78 is 0.981. The van der Waals surface area contributed by atoms with Gasteiger partial charge in [0, 0.05) is 16.7 Å². The van der Waals surface area contributed by atoms with E-state index in [0.29, 0.717) is 5.92 Å². The van der Waals surface area contributed by atoms with E-state index < -0.39 is 0 Å². The number of hydrogen-bond donors (Lipinski definition) is 2. The van der Waals surface area contributed by atoms with Crippen molar-refractivity contribution >= 4 is 33.4 Å². The van der Waals surface area contributed by atoms with E-state index >= 15 is 0 Å².